The maximum atomic E-state index is 12.8. The number of para-hydroxylation sites is 1. The van der Waals surface area contributed by atoms with Crippen LogP contribution in [0.3, 0.4) is 0 Å². The molecule has 2 aromatic carbocycles. The van der Waals surface area contributed by atoms with Crippen LogP contribution in [0.1, 0.15) is 41.1 Å². The van der Waals surface area contributed by atoms with E-state index in [1.165, 1.54) is 0 Å². The fraction of sp³-hybridized carbons (Fsp3) is 0.207. The SMILES string of the molecule is Cc1cc([C@H]2[C@@H](c3ccccn3)NC(=S)N2CCC(=O)Nc2ccccc2)c(C)n1-c1ccc(O)cc1. The number of pyridine rings is 1. The Morgan fingerprint density at radius 2 is 1.78 bits per heavy atom. The third-order valence-electron chi connectivity index (χ3n) is 6.73. The zero-order chi connectivity index (χ0) is 25.9. The zero-order valence-corrected chi connectivity index (χ0v) is 21.6. The number of aryl methyl sites for hydroxylation is 1. The topological polar surface area (TPSA) is 82.4 Å². The van der Waals surface area contributed by atoms with Gasteiger partial charge >= 0.3 is 0 Å². The molecule has 3 heterocycles. The van der Waals surface area contributed by atoms with Crippen LogP contribution in [-0.4, -0.2) is 37.1 Å². The highest BCUT2D eigenvalue weighted by molar-refractivity contribution is 7.80. The molecule has 7 nitrogen and oxygen atoms in total. The molecule has 0 unspecified atom stereocenters. The van der Waals surface area contributed by atoms with Crippen molar-refractivity contribution >= 4 is 28.9 Å². The summed E-state index contributed by atoms with van der Waals surface area (Å²) >= 11 is 5.79. The van der Waals surface area contributed by atoms with Gasteiger partial charge in [-0.15, -0.1) is 0 Å². The van der Waals surface area contributed by atoms with Crippen LogP contribution in [0.4, 0.5) is 5.69 Å². The van der Waals surface area contributed by atoms with Crippen LogP contribution in [0.5, 0.6) is 5.75 Å². The first kappa shape index (κ1) is 24.5. The van der Waals surface area contributed by atoms with E-state index in [9.17, 15) is 9.90 Å². The number of aromatic hydroxyl groups is 1. The Hall–Kier alpha value is -4.17. The Balaban J connectivity index is 1.47. The van der Waals surface area contributed by atoms with Gasteiger partial charge in [-0.25, -0.2) is 0 Å². The van der Waals surface area contributed by atoms with Gasteiger partial charge in [-0.1, -0.05) is 24.3 Å². The number of carbonyl (C=O) groups is 1. The lowest BCUT2D eigenvalue weighted by Gasteiger charge is -2.28. The van der Waals surface area contributed by atoms with Crippen molar-refractivity contribution < 1.29 is 9.90 Å². The number of amides is 1. The molecule has 0 aliphatic carbocycles. The minimum Gasteiger partial charge on any atom is -0.508 e. The van der Waals surface area contributed by atoms with E-state index >= 15 is 0 Å². The lowest BCUT2D eigenvalue weighted by atomic mass is 9.96. The summed E-state index contributed by atoms with van der Waals surface area (Å²) in [5.74, 6) is 0.163. The Kier molecular flexibility index (Phi) is 6.92. The Morgan fingerprint density at radius 1 is 1.05 bits per heavy atom. The molecule has 188 valence electrons. The van der Waals surface area contributed by atoms with Crippen LogP contribution in [-0.2, 0) is 4.79 Å². The van der Waals surface area contributed by atoms with Crippen molar-refractivity contribution in [1.82, 2.24) is 19.8 Å². The van der Waals surface area contributed by atoms with Gasteiger partial charge in [0.1, 0.15) is 5.75 Å². The van der Waals surface area contributed by atoms with Crippen molar-refractivity contribution in [3.05, 3.63) is 108 Å². The summed E-state index contributed by atoms with van der Waals surface area (Å²) in [5, 5.41) is 16.8. The molecule has 1 saturated heterocycles. The molecule has 2 atom stereocenters. The Morgan fingerprint density at radius 3 is 2.49 bits per heavy atom. The molecule has 8 heteroatoms. The van der Waals surface area contributed by atoms with Gasteiger partial charge in [-0.05, 0) is 86.2 Å². The molecule has 0 bridgehead atoms. The number of phenols is 1. The lowest BCUT2D eigenvalue weighted by molar-refractivity contribution is -0.116. The maximum absolute atomic E-state index is 12.8. The van der Waals surface area contributed by atoms with Crippen molar-refractivity contribution in [3.63, 3.8) is 0 Å². The number of carbonyl (C=O) groups excluding carboxylic acids is 1. The summed E-state index contributed by atoms with van der Waals surface area (Å²) in [6.07, 6.45) is 2.08. The van der Waals surface area contributed by atoms with Crippen LogP contribution in [0.25, 0.3) is 5.69 Å². The molecule has 1 fully saturated rings. The minimum atomic E-state index is -0.167. The van der Waals surface area contributed by atoms with E-state index in [2.05, 4.69) is 45.0 Å². The number of hydrogen-bond donors (Lipinski definition) is 3. The van der Waals surface area contributed by atoms with E-state index in [0.29, 0.717) is 18.1 Å². The highest BCUT2D eigenvalue weighted by Gasteiger charge is 2.41. The molecule has 3 N–H and O–H groups in total. The van der Waals surface area contributed by atoms with E-state index < -0.39 is 0 Å². The average molecular weight is 512 g/mol. The quantitative estimate of drug-likeness (QED) is 0.296. The number of rotatable bonds is 7. The molecule has 0 spiro atoms. The smallest absolute Gasteiger partial charge is 0.226 e. The van der Waals surface area contributed by atoms with E-state index in [0.717, 1.165) is 34.0 Å². The number of hydrogen-bond acceptors (Lipinski definition) is 4. The second-order valence-electron chi connectivity index (χ2n) is 9.16. The van der Waals surface area contributed by atoms with Crippen molar-refractivity contribution in [3.8, 4) is 11.4 Å². The lowest BCUT2D eigenvalue weighted by Crippen LogP contribution is -2.32. The molecule has 37 heavy (non-hydrogen) atoms. The second kappa shape index (κ2) is 10.4. The third kappa shape index (κ3) is 5.06. The van der Waals surface area contributed by atoms with Gasteiger partial charge < -0.3 is 25.2 Å². The predicted molar refractivity (Wildman–Crippen MR) is 149 cm³/mol. The molecular formula is C29H29N5O2S. The van der Waals surface area contributed by atoms with Gasteiger partial charge in [0.2, 0.25) is 5.91 Å². The number of phenolic OH excluding ortho intramolecular Hbond substituents is 1. The van der Waals surface area contributed by atoms with Gasteiger partial charge in [-0.2, -0.15) is 0 Å². The molecule has 0 saturated carbocycles. The van der Waals surface area contributed by atoms with E-state index in [-0.39, 0.29) is 23.7 Å². The summed E-state index contributed by atoms with van der Waals surface area (Å²) < 4.78 is 2.17. The van der Waals surface area contributed by atoms with Gasteiger partial charge in [0.05, 0.1) is 17.8 Å². The van der Waals surface area contributed by atoms with Gasteiger partial charge in [0.15, 0.2) is 5.11 Å². The standard InChI is InChI=1S/C29H29N5O2S/c1-19-18-24(20(2)34(19)22-11-13-23(35)14-12-22)28-27(25-10-6-7-16-30-25)32-29(37)33(28)17-15-26(36)31-21-8-4-3-5-9-21/h3-14,16,18,27-28,35H,15,17H2,1-2H3,(H,31,36)(H,32,37)/t27-,28+/m1/s1. The fourth-order valence-electron chi connectivity index (χ4n) is 5.04. The molecule has 1 amide bonds. The van der Waals surface area contributed by atoms with E-state index in [4.69, 9.17) is 12.2 Å². The van der Waals surface area contributed by atoms with Crippen molar-refractivity contribution in [2.24, 2.45) is 0 Å². The number of nitrogens with one attached hydrogen (secondary N) is 2. The first-order valence-electron chi connectivity index (χ1n) is 12.2. The van der Waals surface area contributed by atoms with Crippen molar-refractivity contribution in [2.75, 3.05) is 11.9 Å². The molecule has 1 aliphatic rings. The summed E-state index contributed by atoms with van der Waals surface area (Å²) in [5.41, 5.74) is 5.88. The first-order valence-corrected chi connectivity index (χ1v) is 12.6. The highest BCUT2D eigenvalue weighted by Crippen LogP contribution is 2.41. The number of thiocarbonyl (C=S) groups is 1. The average Bonchev–Trinajstić information content (AvgIpc) is 3.39. The number of anilines is 1. The Bertz CT molecular complexity index is 1400. The number of benzene rings is 2. The third-order valence-corrected chi connectivity index (χ3v) is 7.08. The summed E-state index contributed by atoms with van der Waals surface area (Å²) in [4.78, 5) is 19.5. The van der Waals surface area contributed by atoms with Crippen molar-refractivity contribution in [2.45, 2.75) is 32.4 Å². The monoisotopic (exact) mass is 511 g/mol. The molecule has 5 rings (SSSR count). The Labute approximate surface area is 221 Å². The summed E-state index contributed by atoms with van der Waals surface area (Å²) in [7, 11) is 0. The van der Waals surface area contributed by atoms with Crippen LogP contribution in [0, 0.1) is 13.8 Å². The maximum Gasteiger partial charge on any atom is 0.226 e. The van der Waals surface area contributed by atoms with Crippen LogP contribution >= 0.6 is 12.2 Å². The van der Waals surface area contributed by atoms with Crippen LogP contribution in [0.15, 0.2) is 85.1 Å². The normalized spacial score (nSPS) is 17.0. The molecule has 1 aliphatic heterocycles. The van der Waals surface area contributed by atoms with E-state index in [1.54, 1.807) is 18.3 Å². The fourth-order valence-corrected chi connectivity index (χ4v) is 5.37. The van der Waals surface area contributed by atoms with Crippen molar-refractivity contribution in [1.29, 1.82) is 0 Å². The van der Waals surface area contributed by atoms with E-state index in [1.807, 2.05) is 60.7 Å². The summed E-state index contributed by atoms with van der Waals surface area (Å²) in [6, 6.07) is 24.4. The van der Waals surface area contributed by atoms with Crippen LogP contribution < -0.4 is 10.6 Å². The van der Waals surface area contributed by atoms with Gasteiger partial charge in [0.25, 0.3) is 0 Å². The predicted octanol–water partition coefficient (Wildman–Crippen LogP) is 5.20. The van der Waals surface area contributed by atoms with Gasteiger partial charge in [-0.3, -0.25) is 9.78 Å². The minimum absolute atomic E-state index is 0.0661. The molecule has 2 aromatic heterocycles. The highest BCUT2D eigenvalue weighted by atomic mass is 32.1. The number of nitrogens with zero attached hydrogens (tertiary/aromatic N) is 3. The number of aromatic nitrogens is 2. The molecule has 4 aromatic rings. The largest absolute Gasteiger partial charge is 0.508 e. The van der Waals surface area contributed by atoms with Crippen LogP contribution in [0.2, 0.25) is 0 Å². The van der Waals surface area contributed by atoms with Gasteiger partial charge in [0, 0.05) is 41.9 Å². The molecular weight excluding hydrogens is 482 g/mol. The second-order valence-corrected chi connectivity index (χ2v) is 9.55. The summed E-state index contributed by atoms with van der Waals surface area (Å²) in [6.45, 7) is 4.62. The molecule has 0 radical (unpaired) electrons. The zero-order valence-electron chi connectivity index (χ0n) is 20.8. The first-order chi connectivity index (χ1) is 17.9.